The molecule has 0 saturated heterocycles. The normalized spacial score (nSPS) is 11.2. The van der Waals surface area contributed by atoms with Gasteiger partial charge in [0.25, 0.3) is 10.0 Å². The molecule has 0 bridgehead atoms. The van der Waals surface area contributed by atoms with Crippen LogP contribution in [0.1, 0.15) is 5.56 Å². The van der Waals surface area contributed by atoms with Gasteiger partial charge in [-0.15, -0.1) is 0 Å². The molecule has 0 unspecified atom stereocenters. The average molecular weight is 374 g/mol. The summed E-state index contributed by atoms with van der Waals surface area (Å²) >= 11 is 3.26. The van der Waals surface area contributed by atoms with E-state index in [-0.39, 0.29) is 10.6 Å². The summed E-state index contributed by atoms with van der Waals surface area (Å²) in [4.78, 5) is -0.146. The molecule has 0 aliphatic carbocycles. The fourth-order valence-corrected chi connectivity index (χ4v) is 3.14. The van der Waals surface area contributed by atoms with Gasteiger partial charge in [-0.25, -0.2) is 12.8 Å². The van der Waals surface area contributed by atoms with Gasteiger partial charge in [-0.3, -0.25) is 4.72 Å². The van der Waals surface area contributed by atoms with Gasteiger partial charge >= 0.3 is 0 Å². The number of methoxy groups -OCH3 is 1. The number of anilines is 1. The van der Waals surface area contributed by atoms with E-state index in [0.717, 1.165) is 6.07 Å². The number of benzene rings is 2. The van der Waals surface area contributed by atoms with Gasteiger partial charge in [0.15, 0.2) is 0 Å². The van der Waals surface area contributed by atoms with E-state index in [9.17, 15) is 12.8 Å². The molecule has 2 aromatic rings. The van der Waals surface area contributed by atoms with Gasteiger partial charge in [-0.05, 0) is 42.8 Å². The highest BCUT2D eigenvalue weighted by Gasteiger charge is 2.18. The third kappa shape index (κ3) is 3.54. The molecule has 0 aliphatic heterocycles. The molecule has 2 aromatic carbocycles. The summed E-state index contributed by atoms with van der Waals surface area (Å²) < 4.78 is 46.3. The Morgan fingerprint density at radius 3 is 2.52 bits per heavy atom. The van der Waals surface area contributed by atoms with Crippen LogP contribution in [0, 0.1) is 12.7 Å². The molecular formula is C14H13BrFNO3S. The van der Waals surface area contributed by atoms with Crippen molar-refractivity contribution >= 4 is 31.6 Å². The Labute approximate surface area is 131 Å². The zero-order valence-electron chi connectivity index (χ0n) is 11.4. The molecule has 0 spiro atoms. The Morgan fingerprint density at radius 2 is 1.90 bits per heavy atom. The first-order valence-electron chi connectivity index (χ1n) is 5.96. The Morgan fingerprint density at radius 1 is 1.19 bits per heavy atom. The molecule has 0 radical (unpaired) electrons. The van der Waals surface area contributed by atoms with Gasteiger partial charge in [0.1, 0.15) is 11.6 Å². The van der Waals surface area contributed by atoms with Gasteiger partial charge in [-0.2, -0.15) is 0 Å². The Bertz CT molecular complexity index is 778. The minimum absolute atomic E-state index is 0.146. The zero-order valence-corrected chi connectivity index (χ0v) is 13.8. The lowest BCUT2D eigenvalue weighted by atomic mass is 10.2. The molecular weight excluding hydrogens is 361 g/mol. The summed E-state index contributed by atoms with van der Waals surface area (Å²) in [6.07, 6.45) is 0. The van der Waals surface area contributed by atoms with E-state index in [2.05, 4.69) is 20.7 Å². The van der Waals surface area contributed by atoms with E-state index in [1.807, 2.05) is 0 Å². The van der Waals surface area contributed by atoms with Crippen molar-refractivity contribution < 1.29 is 17.5 Å². The lowest BCUT2D eigenvalue weighted by Gasteiger charge is -2.12. The number of rotatable bonds is 4. The highest BCUT2D eigenvalue weighted by atomic mass is 79.9. The molecule has 0 amide bonds. The minimum Gasteiger partial charge on any atom is -0.495 e. The van der Waals surface area contributed by atoms with E-state index in [0.29, 0.717) is 15.8 Å². The molecule has 1 N–H and O–H groups in total. The van der Waals surface area contributed by atoms with Gasteiger partial charge < -0.3 is 4.74 Å². The highest BCUT2D eigenvalue weighted by Crippen LogP contribution is 2.30. The first-order valence-corrected chi connectivity index (χ1v) is 8.23. The fraction of sp³-hybridized carbons (Fsp3) is 0.143. The molecule has 0 saturated carbocycles. The number of sulfonamides is 1. The van der Waals surface area contributed by atoms with Crippen molar-refractivity contribution in [3.05, 3.63) is 52.3 Å². The van der Waals surface area contributed by atoms with E-state index >= 15 is 0 Å². The summed E-state index contributed by atoms with van der Waals surface area (Å²) in [5, 5.41) is 0. The highest BCUT2D eigenvalue weighted by molar-refractivity contribution is 9.10. The second-order valence-corrected chi connectivity index (χ2v) is 6.96. The van der Waals surface area contributed by atoms with Crippen LogP contribution in [0.2, 0.25) is 0 Å². The Kier molecular flexibility index (Phi) is 4.53. The van der Waals surface area contributed by atoms with Gasteiger partial charge in [-0.1, -0.05) is 22.0 Å². The van der Waals surface area contributed by atoms with Crippen LogP contribution >= 0.6 is 15.9 Å². The van der Waals surface area contributed by atoms with E-state index in [1.54, 1.807) is 25.1 Å². The molecule has 0 aromatic heterocycles. The maximum atomic E-state index is 13.5. The molecule has 0 aliphatic rings. The van der Waals surface area contributed by atoms with Crippen molar-refractivity contribution in [2.24, 2.45) is 0 Å². The van der Waals surface area contributed by atoms with Crippen LogP contribution in [0.25, 0.3) is 0 Å². The SMILES string of the molecule is COc1ccc(Br)cc1NS(=O)(=O)c1ccc(C)c(F)c1. The van der Waals surface area contributed by atoms with Crippen LogP contribution in [-0.2, 0) is 10.0 Å². The number of aryl methyl sites for hydroxylation is 1. The summed E-state index contributed by atoms with van der Waals surface area (Å²) in [5.41, 5.74) is 0.654. The first-order chi connectivity index (χ1) is 9.83. The topological polar surface area (TPSA) is 55.4 Å². The lowest BCUT2D eigenvalue weighted by Crippen LogP contribution is -2.14. The number of hydrogen-bond donors (Lipinski definition) is 1. The third-order valence-electron chi connectivity index (χ3n) is 2.86. The standard InChI is InChI=1S/C14H13BrFNO3S/c1-9-3-5-11(8-12(9)16)21(18,19)17-13-7-10(15)4-6-14(13)20-2/h3-8,17H,1-2H3. The second-order valence-electron chi connectivity index (χ2n) is 4.36. The smallest absolute Gasteiger partial charge is 0.262 e. The van der Waals surface area contributed by atoms with Crippen molar-refractivity contribution in [3.8, 4) is 5.75 Å². The van der Waals surface area contributed by atoms with Crippen molar-refractivity contribution in [2.75, 3.05) is 11.8 Å². The van der Waals surface area contributed by atoms with Crippen molar-refractivity contribution in [2.45, 2.75) is 11.8 Å². The van der Waals surface area contributed by atoms with Crippen molar-refractivity contribution in [3.63, 3.8) is 0 Å². The Balaban J connectivity index is 2.41. The molecule has 0 atom stereocenters. The van der Waals surface area contributed by atoms with Crippen molar-refractivity contribution in [1.82, 2.24) is 0 Å². The van der Waals surface area contributed by atoms with Crippen molar-refractivity contribution in [1.29, 1.82) is 0 Å². The van der Waals surface area contributed by atoms with Crippen LogP contribution in [0.15, 0.2) is 45.8 Å². The lowest BCUT2D eigenvalue weighted by molar-refractivity contribution is 0.417. The molecule has 112 valence electrons. The predicted octanol–water partition coefficient (Wildman–Crippen LogP) is 3.71. The van der Waals surface area contributed by atoms with E-state index in [4.69, 9.17) is 4.74 Å². The summed E-state index contributed by atoms with van der Waals surface area (Å²) in [5.74, 6) is -0.201. The molecule has 21 heavy (non-hydrogen) atoms. The maximum absolute atomic E-state index is 13.5. The molecule has 0 heterocycles. The molecule has 0 fully saturated rings. The number of hydrogen-bond acceptors (Lipinski definition) is 3. The van der Waals surface area contributed by atoms with Crippen LogP contribution in [-0.4, -0.2) is 15.5 Å². The summed E-state index contributed by atoms with van der Waals surface area (Å²) in [6.45, 7) is 1.57. The largest absolute Gasteiger partial charge is 0.495 e. The zero-order chi connectivity index (χ0) is 15.6. The third-order valence-corrected chi connectivity index (χ3v) is 4.72. The van der Waals surface area contributed by atoms with E-state index in [1.165, 1.54) is 19.2 Å². The van der Waals surface area contributed by atoms with E-state index < -0.39 is 15.8 Å². The molecule has 4 nitrogen and oxygen atoms in total. The fourth-order valence-electron chi connectivity index (χ4n) is 1.70. The number of nitrogens with one attached hydrogen (secondary N) is 1. The summed E-state index contributed by atoms with van der Waals surface area (Å²) in [6, 6.07) is 8.68. The van der Waals surface area contributed by atoms with Crippen LogP contribution in [0.5, 0.6) is 5.75 Å². The summed E-state index contributed by atoms with van der Waals surface area (Å²) in [7, 11) is -2.46. The van der Waals surface area contributed by atoms with Crippen LogP contribution in [0.4, 0.5) is 10.1 Å². The van der Waals surface area contributed by atoms with Crippen LogP contribution < -0.4 is 9.46 Å². The Hall–Kier alpha value is -1.60. The quantitative estimate of drug-likeness (QED) is 0.888. The molecule has 7 heteroatoms. The number of ether oxygens (including phenoxy) is 1. The molecule has 2 rings (SSSR count). The maximum Gasteiger partial charge on any atom is 0.262 e. The minimum atomic E-state index is -3.89. The first kappa shape index (κ1) is 15.8. The van der Waals surface area contributed by atoms with Gasteiger partial charge in [0, 0.05) is 4.47 Å². The van der Waals surface area contributed by atoms with Crippen LogP contribution in [0.3, 0.4) is 0 Å². The monoisotopic (exact) mass is 373 g/mol. The van der Waals surface area contributed by atoms with Gasteiger partial charge in [0.05, 0.1) is 17.7 Å². The second kappa shape index (κ2) is 6.03. The predicted molar refractivity (Wildman–Crippen MR) is 82.6 cm³/mol. The number of halogens is 2. The average Bonchev–Trinajstić information content (AvgIpc) is 2.41. The van der Waals surface area contributed by atoms with Gasteiger partial charge in [0.2, 0.25) is 0 Å².